The molecule has 1 aliphatic carbocycles. The second-order valence-electron chi connectivity index (χ2n) is 2.05. The lowest BCUT2D eigenvalue weighted by molar-refractivity contribution is -0.137. The summed E-state index contributed by atoms with van der Waals surface area (Å²) < 4.78 is 0. The highest BCUT2D eigenvalue weighted by atomic mass is 16.3. The van der Waals surface area contributed by atoms with Crippen molar-refractivity contribution in [2.45, 2.75) is 25.7 Å². The van der Waals surface area contributed by atoms with Crippen LogP contribution in [0.25, 0.3) is 0 Å². The minimum Gasteiger partial charge on any atom is -0.291 e. The fourth-order valence-corrected chi connectivity index (χ4v) is 0.850. The van der Waals surface area contributed by atoms with Gasteiger partial charge in [0.2, 0.25) is 0 Å². The number of carbonyl (C=O) groups excluding carboxylic acids is 2. The van der Waals surface area contributed by atoms with E-state index in [4.69, 9.17) is 0 Å². The maximum atomic E-state index is 10.4. The van der Waals surface area contributed by atoms with Crippen LogP contribution in [0.1, 0.15) is 25.7 Å². The Bertz CT molecular complexity index is 110. The molecule has 1 aliphatic rings. The number of carbonyl (C=O) groups is 2. The Hall–Kier alpha value is -0.660. The second-order valence-corrected chi connectivity index (χ2v) is 2.05. The minimum atomic E-state index is -0.170. The molecule has 0 aliphatic heterocycles. The van der Waals surface area contributed by atoms with Gasteiger partial charge in [0.05, 0.1) is 0 Å². The van der Waals surface area contributed by atoms with Crippen molar-refractivity contribution in [3.63, 3.8) is 0 Å². The van der Waals surface area contributed by atoms with Gasteiger partial charge in [0.15, 0.2) is 11.6 Å². The van der Waals surface area contributed by atoms with E-state index >= 15 is 0 Å². The zero-order valence-corrected chi connectivity index (χ0v) is 4.64. The summed E-state index contributed by atoms with van der Waals surface area (Å²) in [6.07, 6.45) is 2.78. The molecule has 8 heavy (non-hydrogen) atoms. The molecule has 0 atom stereocenters. The van der Waals surface area contributed by atoms with Gasteiger partial charge in [-0.3, -0.25) is 9.59 Å². The van der Waals surface area contributed by atoms with E-state index in [-0.39, 0.29) is 11.6 Å². The van der Waals surface area contributed by atoms with Crippen molar-refractivity contribution in [3.05, 3.63) is 0 Å². The Labute approximate surface area is 47.9 Å². The molecule has 2 nitrogen and oxygen atoms in total. The van der Waals surface area contributed by atoms with Crippen LogP contribution in [0.5, 0.6) is 0 Å². The van der Waals surface area contributed by atoms with E-state index < -0.39 is 0 Å². The summed E-state index contributed by atoms with van der Waals surface area (Å²) in [5.74, 6) is -0.340. The summed E-state index contributed by atoms with van der Waals surface area (Å²) in [5, 5.41) is 0. The topological polar surface area (TPSA) is 34.1 Å². The predicted octanol–water partition coefficient (Wildman–Crippen LogP) is 0.699. The molecule has 0 spiro atoms. The van der Waals surface area contributed by atoms with Crippen LogP contribution in [0, 0.1) is 0 Å². The highest BCUT2D eigenvalue weighted by Gasteiger charge is 2.16. The van der Waals surface area contributed by atoms with Gasteiger partial charge >= 0.3 is 0 Å². The molecular formula is C6H8O2. The third kappa shape index (κ3) is 0.941. The first-order valence-corrected chi connectivity index (χ1v) is 2.87. The number of rotatable bonds is 0. The van der Waals surface area contributed by atoms with Crippen LogP contribution in [-0.4, -0.2) is 11.6 Å². The van der Waals surface area contributed by atoms with E-state index in [0.29, 0.717) is 12.8 Å². The largest absolute Gasteiger partial charge is 0.291 e. The number of ketones is 2. The summed E-state index contributed by atoms with van der Waals surface area (Å²) in [4.78, 5) is 20.9. The molecule has 0 aromatic carbocycles. The number of hydrogen-bond donors (Lipinski definition) is 0. The minimum absolute atomic E-state index is 0.170. The molecule has 0 aromatic heterocycles. The Morgan fingerprint density at radius 2 is 1.25 bits per heavy atom. The first-order chi connectivity index (χ1) is 3.80. The smallest absolute Gasteiger partial charge is 0.198 e. The van der Waals surface area contributed by atoms with E-state index in [0.717, 1.165) is 12.8 Å². The molecule has 0 N–H and O–H groups in total. The molecule has 0 bridgehead atoms. The zero-order valence-electron chi connectivity index (χ0n) is 4.64. The van der Waals surface area contributed by atoms with Crippen molar-refractivity contribution in [1.29, 1.82) is 0 Å². The summed E-state index contributed by atoms with van der Waals surface area (Å²) in [6.45, 7) is 0. The van der Waals surface area contributed by atoms with Gasteiger partial charge in [0.25, 0.3) is 0 Å². The molecular weight excluding hydrogens is 110 g/mol. The zero-order chi connectivity index (χ0) is 5.98. The second kappa shape index (κ2) is 2.07. The molecule has 0 unspecified atom stereocenters. The monoisotopic (exact) mass is 118 g/mol. The Balaban J connectivity index is 2.52. The predicted molar refractivity (Wildman–Crippen MR) is 28.5 cm³/mol. The van der Waals surface area contributed by atoms with Gasteiger partial charge < -0.3 is 0 Å². The van der Waals surface area contributed by atoms with E-state index in [9.17, 15) is 9.59 Å². The molecule has 1 rings (SSSR count). The Kier molecular flexibility index (Phi) is 1.42. The highest BCUT2D eigenvalue weighted by molar-refractivity contribution is 6.37. The van der Waals surface area contributed by atoms with Gasteiger partial charge in [-0.15, -0.1) is 0 Å². The van der Waals surface area contributed by atoms with Crippen molar-refractivity contribution in [2.75, 3.05) is 0 Å². The van der Waals surface area contributed by atoms with Crippen LogP contribution in [0.4, 0.5) is 0 Å². The molecule has 1 fully saturated rings. The molecule has 0 heterocycles. The van der Waals surface area contributed by atoms with Crippen molar-refractivity contribution in [3.8, 4) is 0 Å². The van der Waals surface area contributed by atoms with E-state index in [2.05, 4.69) is 0 Å². The van der Waals surface area contributed by atoms with Crippen LogP contribution < -0.4 is 0 Å². The summed E-state index contributed by atoms with van der Waals surface area (Å²) in [5.41, 5.74) is 0. The Morgan fingerprint density at radius 1 is 0.875 bits per heavy atom. The van der Waals surface area contributed by atoms with Gasteiger partial charge in [0.1, 0.15) is 0 Å². The van der Waals surface area contributed by atoms with E-state index in [1.807, 2.05) is 0 Å². The van der Waals surface area contributed by atoms with E-state index in [1.165, 1.54) is 0 Å². The lowest BCUT2D eigenvalue weighted by atomic mass is 11.0. The standard InChI is InChI=1S/C6H8O2/c7-5-3-1-2-4-6(5)8/h1-4H2/i1+1,2+1,3+1,4+1,5+1,6+1. The van der Waals surface area contributed by atoms with Gasteiger partial charge in [-0.05, 0) is 12.8 Å². The number of hydrogen-bond acceptors (Lipinski definition) is 2. The molecule has 0 saturated heterocycles. The van der Waals surface area contributed by atoms with Crippen molar-refractivity contribution >= 4 is 11.6 Å². The molecule has 0 radical (unpaired) electrons. The van der Waals surface area contributed by atoms with Crippen molar-refractivity contribution < 1.29 is 9.59 Å². The summed E-state index contributed by atoms with van der Waals surface area (Å²) in [6, 6.07) is 0. The van der Waals surface area contributed by atoms with Crippen LogP contribution >= 0.6 is 0 Å². The molecule has 0 aromatic rings. The third-order valence-electron chi connectivity index (χ3n) is 1.37. The normalized spacial score (nSPS) is 21.5. The highest BCUT2D eigenvalue weighted by Crippen LogP contribution is 2.09. The molecule has 44 valence electrons. The summed E-state index contributed by atoms with van der Waals surface area (Å²) >= 11 is 0. The van der Waals surface area contributed by atoms with Crippen LogP contribution in [0.2, 0.25) is 0 Å². The van der Waals surface area contributed by atoms with Crippen molar-refractivity contribution in [1.82, 2.24) is 0 Å². The lowest BCUT2D eigenvalue weighted by Gasteiger charge is -2.04. The van der Waals surface area contributed by atoms with Gasteiger partial charge in [-0.1, -0.05) is 0 Å². The molecule has 1 saturated carbocycles. The van der Waals surface area contributed by atoms with Crippen LogP contribution in [0.15, 0.2) is 0 Å². The van der Waals surface area contributed by atoms with Gasteiger partial charge in [-0.25, -0.2) is 0 Å². The fourth-order valence-electron chi connectivity index (χ4n) is 0.850. The van der Waals surface area contributed by atoms with Crippen molar-refractivity contribution in [2.24, 2.45) is 0 Å². The maximum Gasteiger partial charge on any atom is 0.198 e. The molecule has 2 heteroatoms. The lowest BCUT2D eigenvalue weighted by Crippen LogP contribution is -2.17. The van der Waals surface area contributed by atoms with Crippen LogP contribution in [-0.2, 0) is 9.59 Å². The fraction of sp³-hybridized carbons (Fsp3) is 0.667. The SMILES string of the molecule is O=[13C]1[13CH2][13CH2][13CH2][13CH2][13C]1=O. The maximum absolute atomic E-state index is 10.4. The summed E-state index contributed by atoms with van der Waals surface area (Å²) in [7, 11) is 0. The van der Waals surface area contributed by atoms with Crippen LogP contribution in [0.3, 0.4) is 0 Å². The quantitative estimate of drug-likeness (QED) is 0.346. The average molecular weight is 118 g/mol. The van der Waals surface area contributed by atoms with Gasteiger partial charge in [0, 0.05) is 12.8 Å². The van der Waals surface area contributed by atoms with E-state index in [1.54, 1.807) is 0 Å². The number of Topliss-reactive ketones (excluding diaryl/α,β-unsaturated/α-hetero) is 2. The molecule has 0 amide bonds. The third-order valence-corrected chi connectivity index (χ3v) is 1.37. The average Bonchev–Trinajstić information content (AvgIpc) is 1.77. The Morgan fingerprint density at radius 3 is 1.50 bits per heavy atom. The first kappa shape index (κ1) is 5.48. The van der Waals surface area contributed by atoms with Gasteiger partial charge in [-0.2, -0.15) is 0 Å². The first-order valence-electron chi connectivity index (χ1n) is 2.87.